The molecule has 0 atom stereocenters. The smallest absolute Gasteiger partial charge is 0.201 e. The van der Waals surface area contributed by atoms with Gasteiger partial charge in [-0.3, -0.25) is 0 Å². The minimum Gasteiger partial charge on any atom is -0.201 e. The molecule has 4 aromatic carbocycles. The molecule has 0 bridgehead atoms. The Balaban J connectivity index is 0.000000245. The summed E-state index contributed by atoms with van der Waals surface area (Å²) in [6.45, 7) is 84.6. The van der Waals surface area contributed by atoms with Gasteiger partial charge in [0.25, 0.3) is 0 Å². The molecule has 0 fully saturated rings. The molecule has 102 heavy (non-hydrogen) atoms. The average molecular weight is 1450 g/mol. The fraction of sp³-hybridized carbons (Fsp3) is 0.532. The zero-order chi connectivity index (χ0) is 78.1. The summed E-state index contributed by atoms with van der Waals surface area (Å²) in [6.07, 6.45) is 13.2. The molecule has 8 aromatic rings. The molecular weight excluding hydrogens is 1300 g/mol. The van der Waals surface area contributed by atoms with Crippen molar-refractivity contribution in [3.05, 3.63) is 189 Å². The number of aryl methyl sites for hydroxylation is 9. The van der Waals surface area contributed by atoms with Crippen molar-refractivity contribution < 1.29 is 18.3 Å². The van der Waals surface area contributed by atoms with Crippen LogP contribution in [0.4, 0.5) is 0 Å². The molecule has 0 aliphatic heterocycles. The number of hydrogen-bond acceptors (Lipinski definition) is 0. The van der Waals surface area contributed by atoms with Gasteiger partial charge in [-0.25, -0.2) is 18.3 Å². The number of hydrogen-bond donors (Lipinski definition) is 0. The van der Waals surface area contributed by atoms with Crippen LogP contribution in [0, 0.1) is 40.5 Å². The Kier molecular flexibility index (Phi) is 27.8. The second-order valence-corrected chi connectivity index (χ2v) is 60.5. The van der Waals surface area contributed by atoms with Crippen LogP contribution in [0.1, 0.15) is 217 Å². The summed E-state index contributed by atoms with van der Waals surface area (Å²) in [7, 11) is 3.18. The molecular formula is C94H148N4Si4+4. The van der Waals surface area contributed by atoms with E-state index in [1.165, 1.54) is 125 Å². The molecule has 0 saturated carbocycles. The summed E-state index contributed by atoms with van der Waals surface area (Å²) in [5, 5.41) is 6.30. The zero-order valence-electron chi connectivity index (χ0n) is 73.1. The number of benzene rings is 4. The van der Waals surface area contributed by atoms with Gasteiger partial charge in [0.2, 0.25) is 22.8 Å². The molecule has 0 saturated heterocycles. The van der Waals surface area contributed by atoms with E-state index in [-0.39, 0.29) is 27.1 Å². The molecule has 556 valence electrons. The van der Waals surface area contributed by atoms with Gasteiger partial charge in [0.05, 0.1) is 32.3 Å². The SMILES string of the molecule is CCC(CC)c1ccc(C)c(-c2cc(C(C)(C)C)c([Si](C)(C)C)c[n+]2C)c1.Cc1ccc(-c2cc(C(C)(C)C)c([Si](C)(C)C)c[n+]2C)c(C)c1.Cc1ccc(C(C)(C)C)cc1-c1cc(C(C)(C)C)c([Si](C)(C)C)c[n+]1C.Cc1ccc(CC(C)C)cc1-c1cc(C(C)(C)C)c([Si](C)(C)C)c[n+]1C. The van der Waals surface area contributed by atoms with Crippen LogP contribution >= 0.6 is 0 Å². The maximum atomic E-state index is 2.48. The van der Waals surface area contributed by atoms with Gasteiger partial charge in [0, 0.05) is 67.3 Å². The van der Waals surface area contributed by atoms with Gasteiger partial charge in [-0.15, -0.1) is 0 Å². The van der Waals surface area contributed by atoms with E-state index in [1.54, 1.807) is 20.7 Å². The minimum absolute atomic E-state index is 0.147. The van der Waals surface area contributed by atoms with Gasteiger partial charge in [-0.05, 0) is 178 Å². The summed E-state index contributed by atoms with van der Waals surface area (Å²) in [4.78, 5) is 0. The Bertz CT molecular complexity index is 4230. The van der Waals surface area contributed by atoms with E-state index in [0.717, 1.165) is 6.42 Å². The Morgan fingerprint density at radius 3 is 0.922 bits per heavy atom. The average Bonchev–Trinajstić information content (AvgIpc) is 0.782. The lowest BCUT2D eigenvalue weighted by Gasteiger charge is -2.28. The normalized spacial score (nSPS) is 12.8. The Morgan fingerprint density at radius 1 is 0.324 bits per heavy atom. The standard InChI is InChI=1S/C25H40NSi.2C24H38NSi.C21H32NSi/c1-11-19(12-2)20-14-13-18(3)21(15-20)23-16-22(25(4,5)6)24(17-26(23)7)27(8,9)10;1-17-12-13-18(23(2,3)4)14-19(17)21-15-20(24(5,6)7)22(16-25(21)8)26(9,10)11;1-17(2)13-19-12-11-18(3)20(14-19)22-15-21(24(4,5)6)23(16-25(22)7)26(8,9)10;1-15-10-11-17(16(2)12-15)19-13-18(21(3,4)5)20(14-22(19)6)23(7,8)9/h13-17,19H,11-12H2,1-10H3;12-16H,1-11H3;11-12,14-17H,13H2,1-10H3;10-14H,1-9H3/q4*+1. The van der Waals surface area contributed by atoms with Crippen molar-refractivity contribution >= 4 is 53.0 Å². The van der Waals surface area contributed by atoms with Gasteiger partial charge < -0.3 is 0 Å². The van der Waals surface area contributed by atoms with Crippen LogP contribution in [0.15, 0.2) is 122 Å². The highest BCUT2D eigenvalue weighted by molar-refractivity contribution is 6.90. The summed E-state index contributed by atoms with van der Waals surface area (Å²) >= 11 is 0. The van der Waals surface area contributed by atoms with Crippen LogP contribution in [0.2, 0.25) is 78.6 Å². The van der Waals surface area contributed by atoms with Crippen molar-refractivity contribution in [2.75, 3.05) is 0 Å². The van der Waals surface area contributed by atoms with E-state index in [1.807, 2.05) is 0 Å². The van der Waals surface area contributed by atoms with E-state index in [9.17, 15) is 0 Å². The van der Waals surface area contributed by atoms with E-state index < -0.39 is 32.3 Å². The van der Waals surface area contributed by atoms with Gasteiger partial charge in [0.15, 0.2) is 24.8 Å². The molecule has 0 unspecified atom stereocenters. The molecule has 0 aliphatic rings. The van der Waals surface area contributed by atoms with Crippen molar-refractivity contribution in [1.82, 2.24) is 0 Å². The quantitative estimate of drug-likeness (QED) is 0.0808. The van der Waals surface area contributed by atoms with Crippen LogP contribution in [-0.2, 0) is 61.7 Å². The predicted octanol–water partition coefficient (Wildman–Crippen LogP) is 22.0. The fourth-order valence-corrected chi connectivity index (χ4v) is 21.8. The lowest BCUT2D eigenvalue weighted by atomic mass is 9.83. The first kappa shape index (κ1) is 87.0. The second-order valence-electron chi connectivity index (χ2n) is 40.3. The number of aromatic nitrogens is 4. The largest absolute Gasteiger partial charge is 0.212 e. The third-order valence-corrected chi connectivity index (χ3v) is 28.9. The summed E-state index contributed by atoms with van der Waals surface area (Å²) in [5.74, 6) is 1.33. The fourth-order valence-electron chi connectivity index (χ4n) is 14.5. The lowest BCUT2D eigenvalue weighted by molar-refractivity contribution is -0.659. The number of pyridine rings is 4. The second kappa shape index (κ2) is 32.6. The molecule has 4 heterocycles. The first-order chi connectivity index (χ1) is 46.2. The van der Waals surface area contributed by atoms with Crippen LogP contribution < -0.4 is 39.0 Å². The molecule has 0 N–H and O–H groups in total. The molecule has 4 nitrogen and oxygen atoms in total. The Morgan fingerprint density at radius 2 is 0.627 bits per heavy atom. The molecule has 4 aromatic heterocycles. The third-order valence-electron chi connectivity index (χ3n) is 20.8. The predicted molar refractivity (Wildman–Crippen MR) is 463 cm³/mol. The van der Waals surface area contributed by atoms with E-state index in [4.69, 9.17) is 0 Å². The Hall–Kier alpha value is -5.65. The monoisotopic (exact) mass is 1450 g/mol. The topological polar surface area (TPSA) is 15.5 Å². The van der Waals surface area contributed by atoms with Crippen LogP contribution in [0.5, 0.6) is 0 Å². The van der Waals surface area contributed by atoms with Crippen LogP contribution in [0.3, 0.4) is 0 Å². The first-order valence-electron chi connectivity index (χ1n) is 38.8. The minimum atomic E-state index is -1.42. The van der Waals surface area contributed by atoms with E-state index in [0.29, 0.717) is 11.8 Å². The maximum Gasteiger partial charge on any atom is 0.212 e. The van der Waals surface area contributed by atoms with Gasteiger partial charge >= 0.3 is 0 Å². The third kappa shape index (κ3) is 22.2. The Labute approximate surface area is 631 Å². The highest BCUT2D eigenvalue weighted by Gasteiger charge is 2.36. The lowest BCUT2D eigenvalue weighted by Crippen LogP contribution is -2.49. The highest BCUT2D eigenvalue weighted by atomic mass is 28.3. The van der Waals surface area contributed by atoms with Gasteiger partial charge in [-0.2, -0.15) is 0 Å². The van der Waals surface area contributed by atoms with Crippen molar-refractivity contribution in [1.29, 1.82) is 0 Å². The van der Waals surface area contributed by atoms with Crippen molar-refractivity contribution in [3.8, 4) is 45.0 Å². The number of rotatable bonds is 13. The van der Waals surface area contributed by atoms with Crippen molar-refractivity contribution in [2.45, 2.75) is 297 Å². The molecule has 0 radical (unpaired) electrons. The molecule has 0 amide bonds. The summed E-state index contributed by atoms with van der Waals surface area (Å²) in [5.41, 5.74) is 28.6. The molecule has 8 heteroatoms. The summed E-state index contributed by atoms with van der Waals surface area (Å²) in [6, 6.07) is 37.6. The first-order valence-corrected chi connectivity index (χ1v) is 52.8. The van der Waals surface area contributed by atoms with Crippen molar-refractivity contribution in [3.63, 3.8) is 0 Å². The van der Waals surface area contributed by atoms with Crippen LogP contribution in [0.25, 0.3) is 45.0 Å². The molecule has 0 aliphatic carbocycles. The van der Waals surface area contributed by atoms with Gasteiger partial charge in [0.1, 0.15) is 28.2 Å². The molecule has 0 spiro atoms. The van der Waals surface area contributed by atoms with Crippen molar-refractivity contribution in [2.24, 2.45) is 34.1 Å². The maximum absolute atomic E-state index is 2.48. The van der Waals surface area contributed by atoms with Crippen LogP contribution in [-0.4, -0.2) is 32.3 Å². The van der Waals surface area contributed by atoms with Gasteiger partial charge in [-0.1, -0.05) is 264 Å². The van der Waals surface area contributed by atoms with E-state index >= 15 is 0 Å². The highest BCUT2D eigenvalue weighted by Crippen LogP contribution is 2.36. The van der Waals surface area contributed by atoms with E-state index in [2.05, 4.69) is 413 Å². The number of nitrogens with zero attached hydrogens (tertiary/aromatic N) is 4. The zero-order valence-corrected chi connectivity index (χ0v) is 77.1. The molecule has 8 rings (SSSR count). The summed E-state index contributed by atoms with van der Waals surface area (Å²) < 4.78 is 9.38.